The molecule has 0 unspecified atom stereocenters. The molecule has 2 N–H and O–H groups in total. The van der Waals surface area contributed by atoms with E-state index in [0.29, 0.717) is 6.04 Å². The first-order valence-corrected chi connectivity index (χ1v) is 4.22. The first kappa shape index (κ1) is 9.92. The van der Waals surface area contributed by atoms with Crippen LogP contribution in [0.25, 0.3) is 0 Å². The van der Waals surface area contributed by atoms with Gasteiger partial charge in [-0.1, -0.05) is 20.8 Å². The van der Waals surface area contributed by atoms with Gasteiger partial charge in [-0.05, 0) is 19.5 Å². The van der Waals surface area contributed by atoms with E-state index in [9.17, 15) is 0 Å². The summed E-state index contributed by atoms with van der Waals surface area (Å²) in [6.07, 6.45) is 1.08. The summed E-state index contributed by atoms with van der Waals surface area (Å²) in [4.78, 5) is 2.36. The summed E-state index contributed by atoms with van der Waals surface area (Å²) >= 11 is 0. The van der Waals surface area contributed by atoms with Crippen LogP contribution in [-0.4, -0.2) is 30.6 Å². The fraction of sp³-hybridized carbons (Fsp3) is 1.00. The quantitative estimate of drug-likeness (QED) is 0.625. The van der Waals surface area contributed by atoms with E-state index in [1.807, 2.05) is 0 Å². The molecule has 0 fully saturated rings. The second kappa shape index (κ2) is 5.69. The molecule has 0 aliphatic heterocycles. The Labute approximate surface area is 64.4 Å². The number of rotatable bonds is 5. The van der Waals surface area contributed by atoms with Gasteiger partial charge in [0.15, 0.2) is 0 Å². The molecule has 1 atom stereocenters. The predicted octanol–water partition coefficient (Wildman–Crippen LogP) is 1.07. The van der Waals surface area contributed by atoms with Crippen molar-refractivity contribution in [3.63, 3.8) is 0 Å². The van der Waals surface area contributed by atoms with E-state index in [0.717, 1.165) is 26.1 Å². The Morgan fingerprint density at radius 1 is 1.20 bits per heavy atom. The van der Waals surface area contributed by atoms with Crippen LogP contribution in [-0.2, 0) is 0 Å². The largest absolute Gasteiger partial charge is 0.327 e. The van der Waals surface area contributed by atoms with Crippen LogP contribution < -0.4 is 5.73 Å². The van der Waals surface area contributed by atoms with Crippen molar-refractivity contribution in [2.45, 2.75) is 33.2 Å². The predicted molar refractivity (Wildman–Crippen MR) is 46.1 cm³/mol. The highest BCUT2D eigenvalue weighted by Gasteiger charge is 2.03. The minimum atomic E-state index is 0.361. The van der Waals surface area contributed by atoms with Gasteiger partial charge in [0.25, 0.3) is 0 Å². The molecule has 0 amide bonds. The molecule has 0 saturated heterocycles. The van der Waals surface area contributed by atoms with E-state index >= 15 is 0 Å². The standard InChI is InChI=1S/C8H20N2/c1-4-8(9)7-10(5-2)6-3/h8H,4-7,9H2,1-3H3/t8-/m0/s1. The highest BCUT2D eigenvalue weighted by Crippen LogP contribution is 1.92. The highest BCUT2D eigenvalue weighted by atomic mass is 15.1. The minimum absolute atomic E-state index is 0.361. The molecule has 0 spiro atoms. The van der Waals surface area contributed by atoms with Gasteiger partial charge in [-0.2, -0.15) is 0 Å². The lowest BCUT2D eigenvalue weighted by Gasteiger charge is -2.21. The molecule has 0 aromatic rings. The van der Waals surface area contributed by atoms with Gasteiger partial charge in [0, 0.05) is 12.6 Å². The van der Waals surface area contributed by atoms with E-state index in [1.165, 1.54) is 0 Å². The van der Waals surface area contributed by atoms with Crippen LogP contribution in [0.15, 0.2) is 0 Å². The molecular weight excluding hydrogens is 124 g/mol. The molecule has 0 aromatic heterocycles. The topological polar surface area (TPSA) is 29.3 Å². The maximum absolute atomic E-state index is 5.78. The highest BCUT2D eigenvalue weighted by molar-refractivity contribution is 4.63. The molecule has 0 aliphatic carbocycles. The number of hydrogen-bond donors (Lipinski definition) is 1. The number of hydrogen-bond acceptors (Lipinski definition) is 2. The first-order valence-electron chi connectivity index (χ1n) is 4.22. The molecule has 62 valence electrons. The second-order valence-corrected chi connectivity index (χ2v) is 2.65. The third kappa shape index (κ3) is 3.85. The Morgan fingerprint density at radius 2 is 1.70 bits per heavy atom. The lowest BCUT2D eigenvalue weighted by atomic mass is 10.2. The Balaban J connectivity index is 3.41. The molecule has 2 heteroatoms. The van der Waals surface area contributed by atoms with E-state index < -0.39 is 0 Å². The summed E-state index contributed by atoms with van der Waals surface area (Å²) in [6, 6.07) is 0.361. The number of nitrogens with two attached hydrogens (primary N) is 1. The Morgan fingerprint density at radius 3 is 2.00 bits per heavy atom. The van der Waals surface area contributed by atoms with Gasteiger partial charge in [0.1, 0.15) is 0 Å². The lowest BCUT2D eigenvalue weighted by molar-refractivity contribution is 0.281. The third-order valence-corrected chi connectivity index (χ3v) is 1.91. The van der Waals surface area contributed by atoms with Crippen LogP contribution in [0.2, 0.25) is 0 Å². The van der Waals surface area contributed by atoms with Crippen molar-refractivity contribution in [3.05, 3.63) is 0 Å². The molecule has 0 rings (SSSR count). The third-order valence-electron chi connectivity index (χ3n) is 1.91. The Bertz CT molecular complexity index is 69.7. The molecule has 2 nitrogen and oxygen atoms in total. The monoisotopic (exact) mass is 144 g/mol. The van der Waals surface area contributed by atoms with Gasteiger partial charge in [0.05, 0.1) is 0 Å². The van der Waals surface area contributed by atoms with Crippen LogP contribution in [0.5, 0.6) is 0 Å². The lowest BCUT2D eigenvalue weighted by Crippen LogP contribution is -2.36. The summed E-state index contributed by atoms with van der Waals surface area (Å²) in [5.41, 5.74) is 5.78. The average Bonchev–Trinajstić information content (AvgIpc) is 1.99. The van der Waals surface area contributed by atoms with E-state index in [1.54, 1.807) is 0 Å². The van der Waals surface area contributed by atoms with E-state index in [4.69, 9.17) is 5.73 Å². The van der Waals surface area contributed by atoms with Crippen molar-refractivity contribution >= 4 is 0 Å². The van der Waals surface area contributed by atoms with Crippen molar-refractivity contribution in [2.75, 3.05) is 19.6 Å². The Kier molecular flexibility index (Phi) is 5.64. The molecule has 0 aliphatic rings. The van der Waals surface area contributed by atoms with Crippen LogP contribution in [0.3, 0.4) is 0 Å². The zero-order valence-electron chi connectivity index (χ0n) is 7.43. The maximum Gasteiger partial charge on any atom is 0.0165 e. The molecule has 0 bridgehead atoms. The number of likely N-dealkylation sites (N-methyl/N-ethyl adjacent to an activating group) is 1. The second-order valence-electron chi connectivity index (χ2n) is 2.65. The van der Waals surface area contributed by atoms with Gasteiger partial charge >= 0.3 is 0 Å². The molecule has 10 heavy (non-hydrogen) atoms. The van der Waals surface area contributed by atoms with Crippen LogP contribution in [0.1, 0.15) is 27.2 Å². The normalized spacial score (nSPS) is 14.1. The van der Waals surface area contributed by atoms with Crippen molar-refractivity contribution in [2.24, 2.45) is 5.73 Å². The SMILES string of the molecule is CC[C@H](N)CN(CC)CC. The zero-order valence-corrected chi connectivity index (χ0v) is 7.43. The van der Waals surface area contributed by atoms with E-state index in [-0.39, 0.29) is 0 Å². The summed E-state index contributed by atoms with van der Waals surface area (Å²) in [6.45, 7) is 9.75. The summed E-state index contributed by atoms with van der Waals surface area (Å²) in [5, 5.41) is 0. The van der Waals surface area contributed by atoms with Gasteiger partial charge in [-0.3, -0.25) is 0 Å². The van der Waals surface area contributed by atoms with Crippen molar-refractivity contribution in [1.29, 1.82) is 0 Å². The van der Waals surface area contributed by atoms with Gasteiger partial charge in [-0.15, -0.1) is 0 Å². The smallest absolute Gasteiger partial charge is 0.0165 e. The fourth-order valence-corrected chi connectivity index (χ4v) is 0.943. The number of nitrogens with zero attached hydrogens (tertiary/aromatic N) is 1. The van der Waals surface area contributed by atoms with Gasteiger partial charge in [-0.25, -0.2) is 0 Å². The molecule has 0 saturated carbocycles. The van der Waals surface area contributed by atoms with Crippen LogP contribution in [0.4, 0.5) is 0 Å². The minimum Gasteiger partial charge on any atom is -0.327 e. The van der Waals surface area contributed by atoms with Crippen molar-refractivity contribution in [1.82, 2.24) is 4.90 Å². The van der Waals surface area contributed by atoms with Crippen molar-refractivity contribution < 1.29 is 0 Å². The Hall–Kier alpha value is -0.0800. The molecule has 0 aromatic carbocycles. The molecule has 0 radical (unpaired) electrons. The molecular formula is C8H20N2. The van der Waals surface area contributed by atoms with E-state index in [2.05, 4.69) is 25.7 Å². The van der Waals surface area contributed by atoms with Gasteiger partial charge < -0.3 is 10.6 Å². The van der Waals surface area contributed by atoms with Gasteiger partial charge in [0.2, 0.25) is 0 Å². The fourth-order valence-electron chi connectivity index (χ4n) is 0.943. The summed E-state index contributed by atoms with van der Waals surface area (Å²) in [5.74, 6) is 0. The summed E-state index contributed by atoms with van der Waals surface area (Å²) < 4.78 is 0. The van der Waals surface area contributed by atoms with Crippen LogP contribution >= 0.6 is 0 Å². The summed E-state index contributed by atoms with van der Waals surface area (Å²) in [7, 11) is 0. The molecule has 0 heterocycles. The average molecular weight is 144 g/mol. The van der Waals surface area contributed by atoms with Crippen molar-refractivity contribution in [3.8, 4) is 0 Å². The zero-order chi connectivity index (χ0) is 7.98. The first-order chi connectivity index (χ1) is 4.74. The van der Waals surface area contributed by atoms with Crippen LogP contribution in [0, 0.1) is 0 Å². The maximum atomic E-state index is 5.78.